The number of hydrogen-bond acceptors (Lipinski definition) is 3. The molecule has 0 heterocycles. The van der Waals surface area contributed by atoms with E-state index >= 15 is 0 Å². The zero-order chi connectivity index (χ0) is 10.1. The number of rotatable bonds is 8. The van der Waals surface area contributed by atoms with Crippen LogP contribution in [-0.4, -0.2) is 25.5 Å². The Bertz CT molecular complexity index is 137. The Hall–Kier alpha value is -0.410. The summed E-state index contributed by atoms with van der Waals surface area (Å²) in [5, 5.41) is 0. The molecule has 0 rings (SSSR count). The summed E-state index contributed by atoms with van der Waals surface area (Å²) in [5.74, 6) is 0.152. The van der Waals surface area contributed by atoms with Gasteiger partial charge >= 0.3 is 0 Å². The lowest BCUT2D eigenvalue weighted by molar-refractivity contribution is -0.127. The van der Waals surface area contributed by atoms with Crippen molar-refractivity contribution in [3.8, 4) is 0 Å². The molecule has 13 heavy (non-hydrogen) atoms. The van der Waals surface area contributed by atoms with Gasteiger partial charge in [-0.3, -0.25) is 4.79 Å². The molecule has 1 atom stereocenters. The van der Waals surface area contributed by atoms with E-state index in [1.54, 1.807) is 0 Å². The topological polar surface area (TPSA) is 52.3 Å². The molecule has 2 N–H and O–H groups in total. The van der Waals surface area contributed by atoms with Crippen LogP contribution in [-0.2, 0) is 9.53 Å². The molecule has 0 aliphatic rings. The highest BCUT2D eigenvalue weighted by molar-refractivity contribution is 5.82. The second-order valence-electron chi connectivity index (χ2n) is 3.24. The fraction of sp³-hybridized carbons (Fsp3) is 0.900. The summed E-state index contributed by atoms with van der Waals surface area (Å²) in [6.07, 6.45) is 2.83. The number of hydrogen-bond donors (Lipinski definition) is 1. The third-order valence-corrected chi connectivity index (χ3v) is 1.97. The van der Waals surface area contributed by atoms with E-state index < -0.39 is 0 Å². The smallest absolute Gasteiger partial charge is 0.162 e. The van der Waals surface area contributed by atoms with Crippen molar-refractivity contribution in [1.82, 2.24) is 0 Å². The van der Waals surface area contributed by atoms with E-state index in [9.17, 15) is 4.79 Å². The van der Waals surface area contributed by atoms with Crippen molar-refractivity contribution in [1.29, 1.82) is 0 Å². The van der Waals surface area contributed by atoms with E-state index in [1.165, 1.54) is 0 Å². The van der Waals surface area contributed by atoms with E-state index in [2.05, 4.69) is 6.92 Å². The Morgan fingerprint density at radius 3 is 2.54 bits per heavy atom. The Morgan fingerprint density at radius 2 is 2.08 bits per heavy atom. The summed E-state index contributed by atoms with van der Waals surface area (Å²) in [5.41, 5.74) is 5.49. The minimum Gasteiger partial charge on any atom is -0.374 e. The molecule has 0 aliphatic heterocycles. The van der Waals surface area contributed by atoms with Gasteiger partial charge in [0.05, 0.1) is 0 Å². The summed E-state index contributed by atoms with van der Waals surface area (Å²) >= 11 is 0. The highest BCUT2D eigenvalue weighted by atomic mass is 16.5. The number of ether oxygens (including phenoxy) is 1. The van der Waals surface area contributed by atoms with Crippen LogP contribution in [0.5, 0.6) is 0 Å². The van der Waals surface area contributed by atoms with Crippen molar-refractivity contribution in [3.63, 3.8) is 0 Å². The van der Waals surface area contributed by atoms with Gasteiger partial charge in [0.1, 0.15) is 6.61 Å². The van der Waals surface area contributed by atoms with Crippen LogP contribution in [0.1, 0.15) is 33.1 Å². The van der Waals surface area contributed by atoms with Crippen molar-refractivity contribution >= 4 is 5.78 Å². The standard InChI is InChI=1S/C10H21NO2/c1-3-5-9(7-11)10(12)8-13-6-4-2/h9H,3-8,11H2,1-2H3. The van der Waals surface area contributed by atoms with Gasteiger partial charge in [0.2, 0.25) is 0 Å². The van der Waals surface area contributed by atoms with Gasteiger partial charge in [-0.25, -0.2) is 0 Å². The van der Waals surface area contributed by atoms with Gasteiger partial charge in [-0.2, -0.15) is 0 Å². The molecule has 3 heteroatoms. The van der Waals surface area contributed by atoms with Crippen LogP contribution in [0.25, 0.3) is 0 Å². The van der Waals surface area contributed by atoms with Gasteiger partial charge in [0.25, 0.3) is 0 Å². The van der Waals surface area contributed by atoms with E-state index in [0.29, 0.717) is 13.2 Å². The van der Waals surface area contributed by atoms with Crippen LogP contribution < -0.4 is 5.73 Å². The first-order valence-corrected chi connectivity index (χ1v) is 5.06. The fourth-order valence-corrected chi connectivity index (χ4v) is 1.19. The second-order valence-corrected chi connectivity index (χ2v) is 3.24. The molecule has 0 fully saturated rings. The normalized spacial score (nSPS) is 12.8. The zero-order valence-electron chi connectivity index (χ0n) is 8.71. The average Bonchev–Trinajstić information content (AvgIpc) is 2.14. The molecule has 0 saturated carbocycles. The van der Waals surface area contributed by atoms with Gasteiger partial charge in [-0.05, 0) is 12.8 Å². The highest BCUT2D eigenvalue weighted by Gasteiger charge is 2.14. The molecule has 0 bridgehead atoms. The van der Waals surface area contributed by atoms with E-state index in [-0.39, 0.29) is 18.3 Å². The minimum atomic E-state index is 0.00172. The summed E-state index contributed by atoms with van der Waals surface area (Å²) in [6.45, 7) is 5.42. The molecular formula is C10H21NO2. The number of carbonyl (C=O) groups excluding carboxylic acids is 1. The third-order valence-electron chi connectivity index (χ3n) is 1.97. The lowest BCUT2D eigenvalue weighted by Gasteiger charge is -2.11. The molecule has 0 aromatic carbocycles. The molecule has 0 aromatic rings. The second kappa shape index (κ2) is 8.20. The highest BCUT2D eigenvalue weighted by Crippen LogP contribution is 2.06. The SMILES string of the molecule is CCCOCC(=O)C(CN)CCC. The Labute approximate surface area is 80.6 Å². The molecule has 0 aromatic heterocycles. The Morgan fingerprint density at radius 1 is 1.38 bits per heavy atom. The maximum absolute atomic E-state index is 11.4. The van der Waals surface area contributed by atoms with Crippen LogP contribution in [0, 0.1) is 5.92 Å². The van der Waals surface area contributed by atoms with Crippen LogP contribution in [0.3, 0.4) is 0 Å². The molecule has 0 aliphatic carbocycles. The monoisotopic (exact) mass is 187 g/mol. The van der Waals surface area contributed by atoms with Gasteiger partial charge in [0, 0.05) is 19.1 Å². The fourth-order valence-electron chi connectivity index (χ4n) is 1.19. The molecule has 3 nitrogen and oxygen atoms in total. The number of Topliss-reactive ketones (excluding diaryl/α,β-unsaturated/α-hetero) is 1. The van der Waals surface area contributed by atoms with Gasteiger partial charge in [-0.1, -0.05) is 20.3 Å². The summed E-state index contributed by atoms with van der Waals surface area (Å²) < 4.78 is 5.17. The van der Waals surface area contributed by atoms with Crippen LogP contribution >= 0.6 is 0 Å². The lowest BCUT2D eigenvalue weighted by Crippen LogP contribution is -2.27. The van der Waals surface area contributed by atoms with E-state index in [0.717, 1.165) is 19.3 Å². The first-order chi connectivity index (χ1) is 6.26. The van der Waals surface area contributed by atoms with E-state index in [1.807, 2.05) is 6.92 Å². The third kappa shape index (κ3) is 5.77. The van der Waals surface area contributed by atoms with Crippen LogP contribution in [0.2, 0.25) is 0 Å². The quantitative estimate of drug-likeness (QED) is 0.584. The van der Waals surface area contributed by atoms with Crippen LogP contribution in [0.4, 0.5) is 0 Å². The molecule has 0 spiro atoms. The maximum atomic E-state index is 11.4. The number of nitrogens with two attached hydrogens (primary N) is 1. The van der Waals surface area contributed by atoms with Crippen molar-refractivity contribution in [2.45, 2.75) is 33.1 Å². The number of ketones is 1. The maximum Gasteiger partial charge on any atom is 0.162 e. The lowest BCUT2D eigenvalue weighted by atomic mass is 9.99. The largest absolute Gasteiger partial charge is 0.374 e. The van der Waals surface area contributed by atoms with Crippen molar-refractivity contribution < 1.29 is 9.53 Å². The summed E-state index contributed by atoms with van der Waals surface area (Å²) in [4.78, 5) is 11.4. The molecular weight excluding hydrogens is 166 g/mol. The van der Waals surface area contributed by atoms with Crippen molar-refractivity contribution in [2.24, 2.45) is 11.7 Å². The van der Waals surface area contributed by atoms with Crippen molar-refractivity contribution in [3.05, 3.63) is 0 Å². The predicted octanol–water partition coefficient (Wildman–Crippen LogP) is 1.36. The first kappa shape index (κ1) is 12.6. The van der Waals surface area contributed by atoms with Crippen LogP contribution in [0.15, 0.2) is 0 Å². The average molecular weight is 187 g/mol. The predicted molar refractivity (Wildman–Crippen MR) is 53.6 cm³/mol. The molecule has 0 radical (unpaired) electrons. The van der Waals surface area contributed by atoms with Crippen molar-refractivity contribution in [2.75, 3.05) is 19.8 Å². The Kier molecular flexibility index (Phi) is 7.94. The summed E-state index contributed by atoms with van der Waals surface area (Å²) in [6, 6.07) is 0. The number of carbonyl (C=O) groups is 1. The zero-order valence-corrected chi connectivity index (χ0v) is 8.71. The molecule has 78 valence electrons. The minimum absolute atomic E-state index is 0.00172. The molecule has 0 amide bonds. The Balaban J connectivity index is 3.64. The van der Waals surface area contributed by atoms with E-state index in [4.69, 9.17) is 10.5 Å². The summed E-state index contributed by atoms with van der Waals surface area (Å²) in [7, 11) is 0. The van der Waals surface area contributed by atoms with Gasteiger partial charge < -0.3 is 10.5 Å². The van der Waals surface area contributed by atoms with Gasteiger partial charge in [0.15, 0.2) is 5.78 Å². The van der Waals surface area contributed by atoms with Gasteiger partial charge in [-0.15, -0.1) is 0 Å². The molecule has 1 unspecified atom stereocenters. The first-order valence-electron chi connectivity index (χ1n) is 5.06. The molecule has 0 saturated heterocycles.